The Hall–Kier alpha value is -2.69. The molecule has 3 aromatic rings. The van der Waals surface area contributed by atoms with Crippen LogP contribution in [0.2, 0.25) is 10.0 Å². The van der Waals surface area contributed by atoms with Crippen LogP contribution < -0.4 is 10.1 Å². The molecule has 0 bridgehead atoms. The molecule has 160 valence electrons. The second-order valence-electron chi connectivity index (χ2n) is 6.33. The molecule has 0 heterocycles. The number of carbonyl (C=O) groups is 1. The van der Waals surface area contributed by atoms with Gasteiger partial charge in [0.1, 0.15) is 5.75 Å². The highest BCUT2D eigenvalue weighted by molar-refractivity contribution is 7.80. The van der Waals surface area contributed by atoms with Crippen molar-refractivity contribution < 1.29 is 14.6 Å². The van der Waals surface area contributed by atoms with Crippen LogP contribution in [0.5, 0.6) is 5.75 Å². The van der Waals surface area contributed by atoms with Gasteiger partial charge in [0.2, 0.25) is 0 Å². The molecule has 3 rings (SSSR count). The molecule has 0 radical (unpaired) electrons. The SMILES string of the molecule is CNCc1ccc(OCC(=O)O)c(-c2cccc(C#N)c2)c1.Sc1ccc(Cl)c(Cl)c1. The Bertz CT molecular complexity index is 1100. The molecule has 0 aliphatic heterocycles. The zero-order valence-corrected chi connectivity index (χ0v) is 19.0. The Labute approximate surface area is 196 Å². The maximum Gasteiger partial charge on any atom is 0.341 e. The summed E-state index contributed by atoms with van der Waals surface area (Å²) in [4.78, 5) is 11.5. The largest absolute Gasteiger partial charge is 0.481 e. The maximum atomic E-state index is 10.7. The fourth-order valence-corrected chi connectivity index (χ4v) is 3.20. The molecule has 0 aliphatic carbocycles. The van der Waals surface area contributed by atoms with Gasteiger partial charge in [0, 0.05) is 17.0 Å². The second-order valence-corrected chi connectivity index (χ2v) is 7.67. The van der Waals surface area contributed by atoms with Gasteiger partial charge in [0.15, 0.2) is 6.61 Å². The van der Waals surface area contributed by atoms with Crippen LogP contribution in [-0.2, 0) is 11.3 Å². The average Bonchev–Trinajstić information content (AvgIpc) is 2.76. The zero-order chi connectivity index (χ0) is 22.8. The third-order valence-electron chi connectivity index (χ3n) is 3.98. The molecule has 8 heteroatoms. The number of hydrogen-bond donors (Lipinski definition) is 3. The molecule has 2 N–H and O–H groups in total. The summed E-state index contributed by atoms with van der Waals surface area (Å²) < 4.78 is 5.36. The Morgan fingerprint density at radius 2 is 1.90 bits per heavy atom. The summed E-state index contributed by atoms with van der Waals surface area (Å²) in [5, 5.41) is 22.0. The minimum absolute atomic E-state index is 0.406. The van der Waals surface area contributed by atoms with Gasteiger partial charge in [0.05, 0.1) is 21.7 Å². The third-order valence-corrected chi connectivity index (χ3v) is 5.00. The first kappa shape index (κ1) is 24.6. The second kappa shape index (κ2) is 12.2. The number of nitrogens with zero attached hydrogens (tertiary/aromatic N) is 1. The maximum absolute atomic E-state index is 10.7. The summed E-state index contributed by atoms with van der Waals surface area (Å²) in [7, 11) is 1.85. The predicted octanol–water partition coefficient (Wildman–Crippen LogP) is 5.69. The van der Waals surface area contributed by atoms with Crippen LogP contribution in [0.25, 0.3) is 11.1 Å². The molecule has 0 atom stereocenters. The smallest absolute Gasteiger partial charge is 0.341 e. The third kappa shape index (κ3) is 7.82. The number of halogens is 2. The number of hydrogen-bond acceptors (Lipinski definition) is 5. The van der Waals surface area contributed by atoms with Crippen molar-refractivity contribution in [2.24, 2.45) is 0 Å². The van der Waals surface area contributed by atoms with Gasteiger partial charge in [-0.15, -0.1) is 12.6 Å². The van der Waals surface area contributed by atoms with E-state index in [1.54, 1.807) is 42.5 Å². The minimum Gasteiger partial charge on any atom is -0.481 e. The van der Waals surface area contributed by atoms with E-state index < -0.39 is 12.6 Å². The van der Waals surface area contributed by atoms with Crippen LogP contribution in [-0.4, -0.2) is 24.7 Å². The molecule has 0 saturated carbocycles. The van der Waals surface area contributed by atoms with Crippen LogP contribution in [0.15, 0.2) is 65.6 Å². The summed E-state index contributed by atoms with van der Waals surface area (Å²) >= 11 is 15.3. The van der Waals surface area contributed by atoms with Gasteiger partial charge in [-0.3, -0.25) is 0 Å². The van der Waals surface area contributed by atoms with Crippen molar-refractivity contribution in [3.8, 4) is 22.9 Å². The van der Waals surface area contributed by atoms with Crippen LogP contribution in [0, 0.1) is 11.3 Å². The van der Waals surface area contributed by atoms with Crippen molar-refractivity contribution in [3.05, 3.63) is 81.8 Å². The Balaban J connectivity index is 0.000000316. The number of benzene rings is 3. The molecule has 3 aromatic carbocycles. The van der Waals surface area contributed by atoms with Gasteiger partial charge in [-0.1, -0.05) is 41.4 Å². The van der Waals surface area contributed by atoms with E-state index in [4.69, 9.17) is 38.3 Å². The van der Waals surface area contributed by atoms with Crippen molar-refractivity contribution >= 4 is 41.8 Å². The van der Waals surface area contributed by atoms with Gasteiger partial charge in [-0.05, 0) is 60.6 Å². The van der Waals surface area contributed by atoms with E-state index in [0.717, 1.165) is 21.6 Å². The lowest BCUT2D eigenvalue weighted by molar-refractivity contribution is -0.139. The van der Waals surface area contributed by atoms with E-state index in [0.29, 0.717) is 27.9 Å². The fourth-order valence-electron chi connectivity index (χ4n) is 2.62. The van der Waals surface area contributed by atoms with Gasteiger partial charge >= 0.3 is 5.97 Å². The lowest BCUT2D eigenvalue weighted by Crippen LogP contribution is -2.10. The average molecular weight is 475 g/mol. The lowest BCUT2D eigenvalue weighted by atomic mass is 10.00. The highest BCUT2D eigenvalue weighted by atomic mass is 35.5. The van der Waals surface area contributed by atoms with E-state index in [1.807, 2.05) is 25.2 Å². The summed E-state index contributed by atoms with van der Waals surface area (Å²) in [5.74, 6) is -0.548. The number of aliphatic carboxylic acids is 1. The number of thiol groups is 1. The molecule has 0 amide bonds. The topological polar surface area (TPSA) is 82.3 Å². The van der Waals surface area contributed by atoms with Crippen molar-refractivity contribution in [2.45, 2.75) is 11.4 Å². The van der Waals surface area contributed by atoms with E-state index in [1.165, 1.54) is 0 Å². The van der Waals surface area contributed by atoms with Gasteiger partial charge in [0.25, 0.3) is 0 Å². The first-order chi connectivity index (χ1) is 14.8. The highest BCUT2D eigenvalue weighted by Gasteiger charge is 2.10. The van der Waals surface area contributed by atoms with Crippen LogP contribution in [0.4, 0.5) is 0 Å². The fraction of sp³-hybridized carbons (Fsp3) is 0.130. The van der Waals surface area contributed by atoms with Gasteiger partial charge in [-0.25, -0.2) is 4.79 Å². The van der Waals surface area contributed by atoms with Crippen LogP contribution in [0.3, 0.4) is 0 Å². The highest BCUT2D eigenvalue weighted by Crippen LogP contribution is 2.31. The molecule has 0 fully saturated rings. The molecule has 0 saturated heterocycles. The van der Waals surface area contributed by atoms with Crippen molar-refractivity contribution in [3.63, 3.8) is 0 Å². The molecular weight excluding hydrogens is 455 g/mol. The summed E-state index contributed by atoms with van der Waals surface area (Å²) in [5.41, 5.74) is 3.17. The molecule has 0 spiro atoms. The number of ether oxygens (including phenoxy) is 1. The van der Waals surface area contributed by atoms with Crippen molar-refractivity contribution in [1.29, 1.82) is 5.26 Å². The number of carboxylic acids is 1. The zero-order valence-electron chi connectivity index (χ0n) is 16.6. The first-order valence-electron chi connectivity index (χ1n) is 9.10. The molecule has 5 nitrogen and oxygen atoms in total. The molecule has 31 heavy (non-hydrogen) atoms. The van der Waals surface area contributed by atoms with Gasteiger partial charge in [-0.2, -0.15) is 5.26 Å². The Kier molecular flexibility index (Phi) is 9.70. The van der Waals surface area contributed by atoms with Crippen molar-refractivity contribution in [2.75, 3.05) is 13.7 Å². The van der Waals surface area contributed by atoms with E-state index in [2.05, 4.69) is 24.0 Å². The standard InChI is InChI=1S/C17H16N2O3.C6H4Cl2S/c1-19-10-13-5-6-16(22-11-17(20)21)15(8-13)14-4-2-3-12(7-14)9-18;7-5-2-1-4(9)3-6(5)8/h2-8,19H,10-11H2,1H3,(H,20,21);1-3,9H. The van der Waals surface area contributed by atoms with E-state index in [9.17, 15) is 4.79 Å². The number of rotatable bonds is 6. The van der Waals surface area contributed by atoms with Crippen LogP contribution in [0.1, 0.15) is 11.1 Å². The number of nitrogens with one attached hydrogen (secondary N) is 1. The lowest BCUT2D eigenvalue weighted by Gasteiger charge is -2.13. The summed E-state index contributed by atoms with van der Waals surface area (Å²) in [6.45, 7) is 0.278. The minimum atomic E-state index is -1.03. The molecule has 0 aliphatic rings. The Morgan fingerprint density at radius 1 is 1.13 bits per heavy atom. The molecule has 0 aromatic heterocycles. The first-order valence-corrected chi connectivity index (χ1v) is 10.3. The monoisotopic (exact) mass is 474 g/mol. The number of nitriles is 1. The summed E-state index contributed by atoms with van der Waals surface area (Å²) in [6, 6.07) is 20.0. The number of carboxylic acid groups (broad SMARTS) is 1. The predicted molar refractivity (Wildman–Crippen MR) is 126 cm³/mol. The molecule has 0 unspecified atom stereocenters. The van der Waals surface area contributed by atoms with Crippen molar-refractivity contribution in [1.82, 2.24) is 5.32 Å². The summed E-state index contributed by atoms with van der Waals surface area (Å²) in [6.07, 6.45) is 0. The van der Waals surface area contributed by atoms with Crippen LogP contribution >= 0.6 is 35.8 Å². The molecular formula is C23H20Cl2N2O3S. The quantitative estimate of drug-likeness (QED) is 0.399. The van der Waals surface area contributed by atoms with E-state index >= 15 is 0 Å². The Morgan fingerprint density at radius 3 is 2.52 bits per heavy atom. The normalized spacial score (nSPS) is 9.90. The van der Waals surface area contributed by atoms with Gasteiger partial charge < -0.3 is 15.2 Å². The van der Waals surface area contributed by atoms with E-state index in [-0.39, 0.29) is 0 Å².